The Morgan fingerprint density at radius 1 is 1.39 bits per heavy atom. The van der Waals surface area contributed by atoms with Crippen LogP contribution >= 0.6 is 11.6 Å². The standard InChI is InChI=1S/C16H22ClN/c1-11(2)16(7-8-16)10-18-15-6-3-12-9-13(17)4-5-14(12)15/h4-5,9,11,15,18H,3,6-8,10H2,1-2H3. The number of hydrogen-bond acceptors (Lipinski definition) is 1. The SMILES string of the molecule is CC(C)C1(CNC2CCc3cc(Cl)ccc32)CC1. The summed E-state index contributed by atoms with van der Waals surface area (Å²) in [6.07, 6.45) is 5.20. The first-order valence-electron chi connectivity index (χ1n) is 7.12. The van der Waals surface area contributed by atoms with Crippen molar-refractivity contribution in [3.63, 3.8) is 0 Å². The van der Waals surface area contributed by atoms with Crippen LogP contribution in [-0.4, -0.2) is 6.54 Å². The highest BCUT2D eigenvalue weighted by molar-refractivity contribution is 6.30. The number of benzene rings is 1. The highest BCUT2D eigenvalue weighted by atomic mass is 35.5. The van der Waals surface area contributed by atoms with E-state index >= 15 is 0 Å². The Balaban J connectivity index is 1.67. The number of halogens is 1. The third-order valence-corrected chi connectivity index (χ3v) is 5.24. The third-order valence-electron chi connectivity index (χ3n) is 5.00. The molecule has 18 heavy (non-hydrogen) atoms. The molecule has 1 nitrogen and oxygen atoms in total. The minimum Gasteiger partial charge on any atom is -0.309 e. The van der Waals surface area contributed by atoms with Crippen LogP contribution in [-0.2, 0) is 6.42 Å². The van der Waals surface area contributed by atoms with E-state index in [2.05, 4.69) is 31.3 Å². The number of hydrogen-bond donors (Lipinski definition) is 1. The smallest absolute Gasteiger partial charge is 0.0408 e. The zero-order valence-corrected chi connectivity index (χ0v) is 12.1. The molecular formula is C16H22ClN. The molecule has 0 spiro atoms. The van der Waals surface area contributed by atoms with Gasteiger partial charge in [-0.3, -0.25) is 0 Å². The zero-order valence-electron chi connectivity index (χ0n) is 11.3. The van der Waals surface area contributed by atoms with Gasteiger partial charge in [-0.25, -0.2) is 0 Å². The van der Waals surface area contributed by atoms with Gasteiger partial charge in [0.1, 0.15) is 0 Å². The van der Waals surface area contributed by atoms with Crippen molar-refractivity contribution in [1.29, 1.82) is 0 Å². The van der Waals surface area contributed by atoms with Crippen LogP contribution in [0.1, 0.15) is 50.3 Å². The van der Waals surface area contributed by atoms with E-state index in [1.165, 1.54) is 43.4 Å². The maximum absolute atomic E-state index is 6.05. The lowest BCUT2D eigenvalue weighted by Crippen LogP contribution is -2.30. The molecule has 3 rings (SSSR count). The first-order chi connectivity index (χ1) is 8.61. The molecular weight excluding hydrogens is 242 g/mol. The lowest BCUT2D eigenvalue weighted by atomic mass is 9.92. The van der Waals surface area contributed by atoms with Crippen molar-refractivity contribution in [2.75, 3.05) is 6.54 Å². The molecule has 1 aromatic rings. The van der Waals surface area contributed by atoms with Gasteiger partial charge in [0.05, 0.1) is 0 Å². The minimum absolute atomic E-state index is 0.550. The molecule has 1 N–H and O–H groups in total. The summed E-state index contributed by atoms with van der Waals surface area (Å²) in [7, 11) is 0. The average Bonchev–Trinajstić information content (AvgIpc) is 3.03. The molecule has 0 saturated heterocycles. The summed E-state index contributed by atoms with van der Waals surface area (Å²) < 4.78 is 0. The van der Waals surface area contributed by atoms with Crippen molar-refractivity contribution in [2.45, 2.75) is 45.6 Å². The van der Waals surface area contributed by atoms with Crippen LogP contribution in [0.2, 0.25) is 5.02 Å². The Bertz CT molecular complexity index is 448. The molecule has 0 radical (unpaired) electrons. The van der Waals surface area contributed by atoms with Gasteiger partial charge in [-0.05, 0) is 60.3 Å². The maximum atomic E-state index is 6.05. The van der Waals surface area contributed by atoms with Crippen LogP contribution in [0.3, 0.4) is 0 Å². The molecule has 2 heteroatoms. The topological polar surface area (TPSA) is 12.0 Å². The summed E-state index contributed by atoms with van der Waals surface area (Å²) in [5.41, 5.74) is 3.50. The number of aryl methyl sites for hydroxylation is 1. The molecule has 0 bridgehead atoms. The lowest BCUT2D eigenvalue weighted by Gasteiger charge is -2.23. The summed E-state index contributed by atoms with van der Waals surface area (Å²) in [5.74, 6) is 0.802. The summed E-state index contributed by atoms with van der Waals surface area (Å²) >= 11 is 6.05. The minimum atomic E-state index is 0.550. The van der Waals surface area contributed by atoms with Crippen molar-refractivity contribution in [3.8, 4) is 0 Å². The van der Waals surface area contributed by atoms with Gasteiger partial charge in [0.25, 0.3) is 0 Å². The second-order valence-electron chi connectivity index (χ2n) is 6.33. The average molecular weight is 264 g/mol. The van der Waals surface area contributed by atoms with Crippen LogP contribution in [0.25, 0.3) is 0 Å². The van der Waals surface area contributed by atoms with Gasteiger partial charge in [0.15, 0.2) is 0 Å². The van der Waals surface area contributed by atoms with Crippen molar-refractivity contribution in [1.82, 2.24) is 5.32 Å². The number of fused-ring (bicyclic) bond motifs is 1. The summed E-state index contributed by atoms with van der Waals surface area (Å²) in [6.45, 7) is 5.89. The van der Waals surface area contributed by atoms with Crippen LogP contribution in [0.15, 0.2) is 18.2 Å². The quantitative estimate of drug-likeness (QED) is 0.851. The van der Waals surface area contributed by atoms with Crippen LogP contribution in [0.4, 0.5) is 0 Å². The second-order valence-corrected chi connectivity index (χ2v) is 6.77. The second kappa shape index (κ2) is 4.54. The van der Waals surface area contributed by atoms with Gasteiger partial charge >= 0.3 is 0 Å². The first-order valence-corrected chi connectivity index (χ1v) is 7.50. The van der Waals surface area contributed by atoms with Crippen molar-refractivity contribution < 1.29 is 0 Å². The molecule has 1 unspecified atom stereocenters. The van der Waals surface area contributed by atoms with E-state index in [4.69, 9.17) is 11.6 Å². The van der Waals surface area contributed by atoms with Crippen LogP contribution in [0.5, 0.6) is 0 Å². The molecule has 2 aliphatic rings. The summed E-state index contributed by atoms with van der Waals surface area (Å²) in [6, 6.07) is 6.91. The highest BCUT2D eigenvalue weighted by Crippen LogP contribution is 2.51. The molecule has 1 fully saturated rings. The normalized spacial score (nSPS) is 24.3. The van der Waals surface area contributed by atoms with E-state index in [9.17, 15) is 0 Å². The van der Waals surface area contributed by atoms with Crippen LogP contribution < -0.4 is 5.32 Å². The Labute approximate surface area is 115 Å². The van der Waals surface area contributed by atoms with Crippen LogP contribution in [0, 0.1) is 11.3 Å². The van der Waals surface area contributed by atoms with Crippen molar-refractivity contribution in [2.24, 2.45) is 11.3 Å². The summed E-state index contributed by atoms with van der Waals surface area (Å²) in [4.78, 5) is 0. The van der Waals surface area contributed by atoms with Gasteiger partial charge in [0, 0.05) is 17.6 Å². The van der Waals surface area contributed by atoms with Gasteiger partial charge in [0.2, 0.25) is 0 Å². The molecule has 1 saturated carbocycles. The zero-order chi connectivity index (χ0) is 12.8. The van der Waals surface area contributed by atoms with Crippen molar-refractivity contribution >= 4 is 11.6 Å². The van der Waals surface area contributed by atoms with Gasteiger partial charge in [-0.1, -0.05) is 31.5 Å². The molecule has 1 aromatic carbocycles. The highest BCUT2D eigenvalue weighted by Gasteiger charge is 2.45. The molecule has 2 aliphatic carbocycles. The van der Waals surface area contributed by atoms with E-state index in [-0.39, 0.29) is 0 Å². The monoisotopic (exact) mass is 263 g/mol. The lowest BCUT2D eigenvalue weighted by molar-refractivity contribution is 0.320. The Hall–Kier alpha value is -0.530. The van der Waals surface area contributed by atoms with E-state index in [1.54, 1.807) is 0 Å². The van der Waals surface area contributed by atoms with E-state index in [0.717, 1.165) is 10.9 Å². The van der Waals surface area contributed by atoms with E-state index in [0.29, 0.717) is 11.5 Å². The van der Waals surface area contributed by atoms with Gasteiger partial charge < -0.3 is 5.32 Å². The van der Waals surface area contributed by atoms with Gasteiger partial charge in [-0.2, -0.15) is 0 Å². The Kier molecular flexibility index (Phi) is 3.15. The fourth-order valence-corrected chi connectivity index (χ4v) is 3.44. The molecule has 0 amide bonds. The Morgan fingerprint density at radius 3 is 2.83 bits per heavy atom. The third kappa shape index (κ3) is 2.19. The predicted molar refractivity (Wildman–Crippen MR) is 77.0 cm³/mol. The first kappa shape index (κ1) is 12.5. The molecule has 0 aliphatic heterocycles. The van der Waals surface area contributed by atoms with Crippen molar-refractivity contribution in [3.05, 3.63) is 34.3 Å². The molecule has 1 atom stereocenters. The number of rotatable bonds is 4. The largest absolute Gasteiger partial charge is 0.309 e. The predicted octanol–water partition coefficient (Wildman–Crippen LogP) is 4.35. The van der Waals surface area contributed by atoms with Gasteiger partial charge in [-0.15, -0.1) is 0 Å². The van der Waals surface area contributed by atoms with E-state index < -0.39 is 0 Å². The molecule has 98 valence electrons. The fourth-order valence-electron chi connectivity index (χ4n) is 3.24. The molecule has 0 heterocycles. The molecule has 0 aromatic heterocycles. The fraction of sp³-hybridized carbons (Fsp3) is 0.625. The van der Waals surface area contributed by atoms with E-state index in [1.807, 2.05) is 6.07 Å². The number of nitrogens with one attached hydrogen (secondary N) is 1. The summed E-state index contributed by atoms with van der Waals surface area (Å²) in [5, 5.41) is 4.67. The maximum Gasteiger partial charge on any atom is 0.0408 e. The Morgan fingerprint density at radius 2 is 2.17 bits per heavy atom.